The SMILES string of the molecule is CCO/C=C/c1cccc(C(C)Nc2nc(C)nc3cnc(N4CC[C@@H](NC(C)=O)C4)cc23)c1. The first-order chi connectivity index (χ1) is 16.4. The van der Waals surface area contributed by atoms with Gasteiger partial charge in [0.05, 0.1) is 24.6 Å². The Morgan fingerprint density at radius 2 is 2.18 bits per heavy atom. The van der Waals surface area contributed by atoms with Crippen LogP contribution in [0.4, 0.5) is 11.6 Å². The number of aryl methyl sites for hydroxylation is 1. The molecule has 2 aromatic heterocycles. The van der Waals surface area contributed by atoms with Crippen molar-refractivity contribution in [2.24, 2.45) is 0 Å². The zero-order valence-corrected chi connectivity index (χ0v) is 20.2. The van der Waals surface area contributed by atoms with Gasteiger partial charge >= 0.3 is 0 Å². The summed E-state index contributed by atoms with van der Waals surface area (Å²) in [6.45, 7) is 9.77. The van der Waals surface area contributed by atoms with E-state index in [2.05, 4.69) is 50.6 Å². The van der Waals surface area contributed by atoms with E-state index in [1.54, 1.807) is 19.4 Å². The maximum Gasteiger partial charge on any atom is 0.217 e. The molecule has 1 aliphatic rings. The summed E-state index contributed by atoms with van der Waals surface area (Å²) in [4.78, 5) is 27.6. The molecule has 0 radical (unpaired) electrons. The third-order valence-electron chi connectivity index (χ3n) is 5.89. The fourth-order valence-corrected chi connectivity index (χ4v) is 4.24. The van der Waals surface area contributed by atoms with Crippen LogP contribution in [0.5, 0.6) is 0 Å². The predicted molar refractivity (Wildman–Crippen MR) is 136 cm³/mol. The first kappa shape index (κ1) is 23.5. The number of carbonyl (C=O) groups excluding carboxylic acids is 1. The maximum atomic E-state index is 11.4. The Labute approximate surface area is 200 Å². The third-order valence-corrected chi connectivity index (χ3v) is 5.89. The number of hydrogen-bond donors (Lipinski definition) is 2. The summed E-state index contributed by atoms with van der Waals surface area (Å²) in [5.74, 6) is 2.34. The smallest absolute Gasteiger partial charge is 0.217 e. The molecule has 8 nitrogen and oxygen atoms in total. The van der Waals surface area contributed by atoms with Crippen molar-refractivity contribution in [3.05, 3.63) is 59.7 Å². The van der Waals surface area contributed by atoms with Crippen LogP contribution in [0.15, 0.2) is 42.8 Å². The molecule has 1 aromatic carbocycles. The third kappa shape index (κ3) is 5.62. The van der Waals surface area contributed by atoms with Crippen LogP contribution >= 0.6 is 0 Å². The Hall–Kier alpha value is -3.68. The van der Waals surface area contributed by atoms with E-state index in [9.17, 15) is 4.79 Å². The van der Waals surface area contributed by atoms with Crippen molar-refractivity contribution >= 4 is 34.5 Å². The minimum Gasteiger partial charge on any atom is -0.501 e. The van der Waals surface area contributed by atoms with Crippen LogP contribution in [0.25, 0.3) is 17.0 Å². The molecule has 0 spiro atoms. The normalized spacial score (nSPS) is 16.7. The topological polar surface area (TPSA) is 92.3 Å². The first-order valence-electron chi connectivity index (χ1n) is 11.7. The number of pyridine rings is 1. The van der Waals surface area contributed by atoms with Gasteiger partial charge in [-0.1, -0.05) is 18.2 Å². The molecule has 2 N–H and O–H groups in total. The molecule has 1 fully saturated rings. The lowest BCUT2D eigenvalue weighted by Gasteiger charge is -2.20. The van der Waals surface area contributed by atoms with Gasteiger partial charge in [-0.15, -0.1) is 0 Å². The number of rotatable bonds is 8. The summed E-state index contributed by atoms with van der Waals surface area (Å²) in [5.41, 5.74) is 3.03. The summed E-state index contributed by atoms with van der Waals surface area (Å²) < 4.78 is 5.33. The number of fused-ring (bicyclic) bond motifs is 1. The van der Waals surface area contributed by atoms with E-state index in [1.807, 2.05) is 32.1 Å². The number of aromatic nitrogens is 3. The van der Waals surface area contributed by atoms with Gasteiger partial charge in [0.15, 0.2) is 0 Å². The Balaban J connectivity index is 1.58. The molecule has 0 saturated carbocycles. The van der Waals surface area contributed by atoms with E-state index in [0.717, 1.165) is 53.2 Å². The molecule has 1 amide bonds. The quantitative estimate of drug-likeness (QED) is 0.486. The van der Waals surface area contributed by atoms with Crippen molar-refractivity contribution in [2.45, 2.75) is 46.2 Å². The van der Waals surface area contributed by atoms with Crippen molar-refractivity contribution in [2.75, 3.05) is 29.9 Å². The zero-order valence-electron chi connectivity index (χ0n) is 20.2. The monoisotopic (exact) mass is 460 g/mol. The Morgan fingerprint density at radius 1 is 1.32 bits per heavy atom. The van der Waals surface area contributed by atoms with Crippen LogP contribution < -0.4 is 15.5 Å². The molecule has 3 aromatic rings. The maximum absolute atomic E-state index is 11.4. The van der Waals surface area contributed by atoms with E-state index in [0.29, 0.717) is 12.4 Å². The lowest BCUT2D eigenvalue weighted by Crippen LogP contribution is -2.35. The average Bonchev–Trinajstić information content (AvgIpc) is 3.27. The van der Waals surface area contributed by atoms with Gasteiger partial charge < -0.3 is 20.3 Å². The summed E-state index contributed by atoms with van der Waals surface area (Å²) >= 11 is 0. The number of nitrogens with one attached hydrogen (secondary N) is 2. The molecular weight excluding hydrogens is 428 g/mol. The second kappa shape index (κ2) is 10.5. The van der Waals surface area contributed by atoms with Gasteiger partial charge in [-0.2, -0.15) is 0 Å². The number of hydrogen-bond acceptors (Lipinski definition) is 7. The summed E-state index contributed by atoms with van der Waals surface area (Å²) in [7, 11) is 0. The van der Waals surface area contributed by atoms with Gasteiger partial charge in [-0.25, -0.2) is 15.0 Å². The zero-order chi connectivity index (χ0) is 24.1. The first-order valence-corrected chi connectivity index (χ1v) is 11.7. The van der Waals surface area contributed by atoms with E-state index >= 15 is 0 Å². The fraction of sp³-hybridized carbons (Fsp3) is 0.385. The second-order valence-corrected chi connectivity index (χ2v) is 8.61. The Morgan fingerprint density at radius 3 is 2.97 bits per heavy atom. The lowest BCUT2D eigenvalue weighted by molar-refractivity contribution is -0.119. The van der Waals surface area contributed by atoms with Gasteiger partial charge in [-0.3, -0.25) is 4.79 Å². The second-order valence-electron chi connectivity index (χ2n) is 8.61. The molecule has 3 heterocycles. The number of anilines is 2. The molecule has 1 saturated heterocycles. The molecule has 4 rings (SSSR count). The molecule has 1 aliphatic heterocycles. The molecule has 8 heteroatoms. The molecule has 0 bridgehead atoms. The minimum atomic E-state index is 0.000110. The summed E-state index contributed by atoms with van der Waals surface area (Å²) in [5, 5.41) is 7.51. The molecule has 178 valence electrons. The predicted octanol–water partition coefficient (Wildman–Crippen LogP) is 4.23. The number of nitrogens with zero attached hydrogens (tertiary/aromatic N) is 4. The highest BCUT2D eigenvalue weighted by atomic mass is 16.5. The van der Waals surface area contributed by atoms with E-state index in [-0.39, 0.29) is 18.0 Å². The van der Waals surface area contributed by atoms with E-state index in [1.165, 1.54) is 0 Å². The largest absolute Gasteiger partial charge is 0.501 e. The summed E-state index contributed by atoms with van der Waals surface area (Å²) in [6.07, 6.45) is 6.40. The van der Waals surface area contributed by atoms with Crippen LogP contribution in [-0.2, 0) is 9.53 Å². The van der Waals surface area contributed by atoms with Crippen LogP contribution in [0.2, 0.25) is 0 Å². The molecular formula is C26H32N6O2. The van der Waals surface area contributed by atoms with Crippen molar-refractivity contribution in [3.8, 4) is 0 Å². The Bertz CT molecular complexity index is 1200. The van der Waals surface area contributed by atoms with Crippen molar-refractivity contribution in [3.63, 3.8) is 0 Å². The number of amides is 1. The molecule has 0 aliphatic carbocycles. The number of carbonyl (C=O) groups is 1. The van der Waals surface area contributed by atoms with Gasteiger partial charge in [-0.05, 0) is 56.5 Å². The van der Waals surface area contributed by atoms with Crippen LogP contribution in [0.3, 0.4) is 0 Å². The molecule has 34 heavy (non-hydrogen) atoms. The Kier molecular flexibility index (Phi) is 7.25. The number of benzene rings is 1. The number of ether oxygens (including phenoxy) is 1. The van der Waals surface area contributed by atoms with Crippen molar-refractivity contribution in [1.29, 1.82) is 0 Å². The van der Waals surface area contributed by atoms with Gasteiger partial charge in [0.1, 0.15) is 17.5 Å². The van der Waals surface area contributed by atoms with Crippen LogP contribution in [0, 0.1) is 6.92 Å². The van der Waals surface area contributed by atoms with E-state index < -0.39 is 0 Å². The fourth-order valence-electron chi connectivity index (χ4n) is 4.24. The summed E-state index contributed by atoms with van der Waals surface area (Å²) in [6, 6.07) is 10.6. The highest BCUT2D eigenvalue weighted by Crippen LogP contribution is 2.29. The molecule has 1 unspecified atom stereocenters. The van der Waals surface area contributed by atoms with Gasteiger partial charge in [0.2, 0.25) is 5.91 Å². The highest BCUT2D eigenvalue weighted by molar-refractivity contribution is 5.90. The van der Waals surface area contributed by atoms with Gasteiger partial charge in [0, 0.05) is 37.5 Å². The van der Waals surface area contributed by atoms with Crippen molar-refractivity contribution in [1.82, 2.24) is 20.3 Å². The van der Waals surface area contributed by atoms with Crippen molar-refractivity contribution < 1.29 is 9.53 Å². The standard InChI is InChI=1S/C26H32N6O2/c1-5-34-12-10-20-7-6-8-21(13-20)17(2)28-26-23-14-25(27-15-24(23)29-18(3)30-26)32-11-9-22(16-32)31-19(4)33/h6-8,10,12-15,17,22H,5,9,11,16H2,1-4H3,(H,31,33)(H,28,29,30)/b12-10+/t17?,22-/m1/s1. The van der Waals surface area contributed by atoms with Gasteiger partial charge in [0.25, 0.3) is 0 Å². The van der Waals surface area contributed by atoms with Crippen LogP contribution in [-0.4, -0.2) is 46.6 Å². The molecule has 2 atom stereocenters. The van der Waals surface area contributed by atoms with Crippen LogP contribution in [0.1, 0.15) is 50.2 Å². The average molecular weight is 461 g/mol. The van der Waals surface area contributed by atoms with E-state index in [4.69, 9.17) is 9.72 Å². The lowest BCUT2D eigenvalue weighted by atomic mass is 10.0. The highest BCUT2D eigenvalue weighted by Gasteiger charge is 2.24. The minimum absolute atomic E-state index is 0.000110.